The summed E-state index contributed by atoms with van der Waals surface area (Å²) in [5.41, 5.74) is 1.90. The van der Waals surface area contributed by atoms with Gasteiger partial charge in [0.2, 0.25) is 0 Å². The third kappa shape index (κ3) is 5.69. The van der Waals surface area contributed by atoms with Crippen LogP contribution < -0.4 is 5.32 Å². The Morgan fingerprint density at radius 3 is 2.45 bits per heavy atom. The van der Waals surface area contributed by atoms with Crippen molar-refractivity contribution in [1.82, 2.24) is 0 Å². The maximum absolute atomic E-state index is 11.8. The van der Waals surface area contributed by atoms with Crippen LogP contribution in [0.5, 0.6) is 0 Å². The summed E-state index contributed by atoms with van der Waals surface area (Å²) in [4.78, 5) is 22.7. The van der Waals surface area contributed by atoms with Gasteiger partial charge in [0.05, 0.1) is 0 Å². The zero-order chi connectivity index (χ0) is 15.3. The topological polar surface area (TPSA) is 55.4 Å². The van der Waals surface area contributed by atoms with Gasteiger partial charge in [-0.1, -0.05) is 18.2 Å². The van der Waals surface area contributed by atoms with Crippen LogP contribution >= 0.6 is 0 Å². The first-order chi connectivity index (χ1) is 9.17. The molecule has 0 atom stereocenters. The van der Waals surface area contributed by atoms with Gasteiger partial charge >= 0.3 is 6.09 Å². The van der Waals surface area contributed by atoms with Gasteiger partial charge in [-0.2, -0.15) is 0 Å². The molecule has 0 radical (unpaired) electrons. The Morgan fingerprint density at radius 2 is 1.90 bits per heavy atom. The van der Waals surface area contributed by atoms with Crippen LogP contribution in [0.3, 0.4) is 0 Å². The first-order valence-corrected chi connectivity index (χ1v) is 6.47. The number of hydrogen-bond acceptors (Lipinski definition) is 3. The number of hydrogen-bond donors (Lipinski definition) is 1. The lowest BCUT2D eigenvalue weighted by molar-refractivity contribution is -0.112. The van der Waals surface area contributed by atoms with Crippen molar-refractivity contribution in [3.8, 4) is 0 Å². The van der Waals surface area contributed by atoms with E-state index in [-0.39, 0.29) is 5.78 Å². The normalized spacial score (nSPS) is 11.4. The molecule has 0 spiro atoms. The Kier molecular flexibility index (Phi) is 5.08. The number of benzene rings is 1. The number of nitrogens with one attached hydrogen (secondary N) is 1. The predicted octanol–water partition coefficient (Wildman–Crippen LogP) is 3.94. The lowest BCUT2D eigenvalue weighted by Gasteiger charge is -2.20. The summed E-state index contributed by atoms with van der Waals surface area (Å²) >= 11 is 0. The van der Waals surface area contributed by atoms with Crippen LogP contribution in [0.2, 0.25) is 0 Å². The molecule has 0 heterocycles. The summed E-state index contributed by atoms with van der Waals surface area (Å²) in [6, 6.07) is 5.57. The molecule has 1 amide bonds. The van der Waals surface area contributed by atoms with Gasteiger partial charge in [0.15, 0.2) is 5.78 Å². The van der Waals surface area contributed by atoms with E-state index in [1.807, 2.05) is 39.8 Å². The van der Waals surface area contributed by atoms with Crippen molar-refractivity contribution in [2.24, 2.45) is 0 Å². The minimum Gasteiger partial charge on any atom is -0.444 e. The monoisotopic (exact) mass is 275 g/mol. The SMILES string of the molecule is CC(=O)/C=C/c1ccc(C)c(NC(=O)OC(C)(C)C)c1. The number of aryl methyl sites for hydroxylation is 1. The lowest BCUT2D eigenvalue weighted by atomic mass is 10.1. The molecule has 0 aliphatic rings. The minimum atomic E-state index is -0.538. The molecular formula is C16H21NO3. The first-order valence-electron chi connectivity index (χ1n) is 6.47. The zero-order valence-electron chi connectivity index (χ0n) is 12.6. The molecule has 0 bridgehead atoms. The van der Waals surface area contributed by atoms with Crippen molar-refractivity contribution < 1.29 is 14.3 Å². The number of carbonyl (C=O) groups excluding carboxylic acids is 2. The highest BCUT2D eigenvalue weighted by Gasteiger charge is 2.16. The molecule has 0 saturated heterocycles. The Balaban J connectivity index is 2.87. The Hall–Kier alpha value is -2.10. The van der Waals surface area contributed by atoms with Crippen molar-refractivity contribution in [2.75, 3.05) is 5.32 Å². The quantitative estimate of drug-likeness (QED) is 0.850. The van der Waals surface area contributed by atoms with Gasteiger partial charge in [0.25, 0.3) is 0 Å². The fourth-order valence-electron chi connectivity index (χ4n) is 1.51. The maximum atomic E-state index is 11.8. The van der Waals surface area contributed by atoms with E-state index in [9.17, 15) is 9.59 Å². The summed E-state index contributed by atoms with van der Waals surface area (Å²) in [5, 5.41) is 2.71. The second-order valence-corrected chi connectivity index (χ2v) is 5.65. The molecule has 0 saturated carbocycles. The standard InChI is InChI=1S/C16H21NO3/c1-11-6-8-13(9-7-12(2)18)10-14(11)17-15(19)20-16(3,4)5/h6-10H,1-5H3,(H,17,19)/b9-7+. The molecule has 1 rings (SSSR count). The van der Waals surface area contributed by atoms with Gasteiger partial charge in [0, 0.05) is 5.69 Å². The van der Waals surface area contributed by atoms with Gasteiger partial charge in [-0.05, 0) is 57.9 Å². The molecule has 1 aromatic rings. The van der Waals surface area contributed by atoms with Crippen LogP contribution in [0.15, 0.2) is 24.3 Å². The summed E-state index contributed by atoms with van der Waals surface area (Å²) in [5.74, 6) is -0.0211. The van der Waals surface area contributed by atoms with Crippen molar-refractivity contribution in [3.05, 3.63) is 35.4 Å². The smallest absolute Gasteiger partial charge is 0.412 e. The van der Waals surface area contributed by atoms with Crippen molar-refractivity contribution in [3.63, 3.8) is 0 Å². The highest BCUT2D eigenvalue weighted by molar-refractivity contribution is 5.92. The third-order valence-corrected chi connectivity index (χ3v) is 2.41. The highest BCUT2D eigenvalue weighted by atomic mass is 16.6. The Labute approximate surface area is 119 Å². The van der Waals surface area contributed by atoms with Crippen molar-refractivity contribution in [1.29, 1.82) is 0 Å². The Bertz CT molecular complexity index is 539. The van der Waals surface area contributed by atoms with Crippen molar-refractivity contribution in [2.45, 2.75) is 40.2 Å². The minimum absolute atomic E-state index is 0.0211. The first kappa shape index (κ1) is 16.0. The summed E-state index contributed by atoms with van der Waals surface area (Å²) in [6.45, 7) is 8.82. The maximum Gasteiger partial charge on any atom is 0.412 e. The average Bonchev–Trinajstić information content (AvgIpc) is 2.27. The van der Waals surface area contributed by atoms with Gasteiger partial charge in [-0.3, -0.25) is 10.1 Å². The van der Waals surface area contributed by atoms with E-state index in [1.165, 1.54) is 13.0 Å². The number of amides is 1. The van der Waals surface area contributed by atoms with E-state index in [2.05, 4.69) is 5.32 Å². The number of rotatable bonds is 3. The third-order valence-electron chi connectivity index (χ3n) is 2.41. The highest BCUT2D eigenvalue weighted by Crippen LogP contribution is 2.19. The summed E-state index contributed by atoms with van der Waals surface area (Å²) in [6.07, 6.45) is 2.71. The van der Waals surface area contributed by atoms with Crippen LogP contribution in [0, 0.1) is 6.92 Å². The van der Waals surface area contributed by atoms with E-state index in [1.54, 1.807) is 12.1 Å². The van der Waals surface area contributed by atoms with Crippen LogP contribution in [-0.4, -0.2) is 17.5 Å². The molecule has 4 heteroatoms. The zero-order valence-corrected chi connectivity index (χ0v) is 12.6. The second kappa shape index (κ2) is 6.37. The Morgan fingerprint density at radius 1 is 1.25 bits per heavy atom. The number of anilines is 1. The molecule has 108 valence electrons. The van der Waals surface area contributed by atoms with Gasteiger partial charge < -0.3 is 4.74 Å². The molecule has 1 aromatic carbocycles. The molecule has 0 aliphatic carbocycles. The molecule has 4 nitrogen and oxygen atoms in total. The van der Waals surface area contributed by atoms with Gasteiger partial charge in [0.1, 0.15) is 5.60 Å². The average molecular weight is 275 g/mol. The predicted molar refractivity (Wildman–Crippen MR) is 80.8 cm³/mol. The number of ether oxygens (including phenoxy) is 1. The van der Waals surface area contributed by atoms with Gasteiger partial charge in [-0.25, -0.2) is 4.79 Å². The van der Waals surface area contributed by atoms with Crippen LogP contribution in [0.1, 0.15) is 38.8 Å². The fourth-order valence-corrected chi connectivity index (χ4v) is 1.51. The van der Waals surface area contributed by atoms with E-state index >= 15 is 0 Å². The van der Waals surface area contributed by atoms with Crippen LogP contribution in [0.4, 0.5) is 10.5 Å². The fraction of sp³-hybridized carbons (Fsp3) is 0.375. The summed E-state index contributed by atoms with van der Waals surface area (Å²) in [7, 11) is 0. The molecule has 0 unspecified atom stereocenters. The molecule has 1 N–H and O–H groups in total. The molecule has 0 fully saturated rings. The number of allylic oxidation sites excluding steroid dienone is 1. The van der Waals surface area contributed by atoms with Gasteiger partial charge in [-0.15, -0.1) is 0 Å². The summed E-state index contributed by atoms with van der Waals surface area (Å²) < 4.78 is 5.21. The van der Waals surface area contributed by atoms with Crippen molar-refractivity contribution >= 4 is 23.6 Å². The van der Waals surface area contributed by atoms with Crippen LogP contribution in [-0.2, 0) is 9.53 Å². The molecule has 0 aliphatic heterocycles. The lowest BCUT2D eigenvalue weighted by Crippen LogP contribution is -2.27. The van der Waals surface area contributed by atoms with Crippen LogP contribution in [0.25, 0.3) is 6.08 Å². The largest absolute Gasteiger partial charge is 0.444 e. The molecule has 20 heavy (non-hydrogen) atoms. The van der Waals surface area contributed by atoms with E-state index in [4.69, 9.17) is 4.74 Å². The number of ketones is 1. The number of carbonyl (C=O) groups is 2. The van der Waals surface area contributed by atoms with E-state index < -0.39 is 11.7 Å². The van der Waals surface area contributed by atoms with E-state index in [0.717, 1.165) is 11.1 Å². The molecular weight excluding hydrogens is 254 g/mol. The second-order valence-electron chi connectivity index (χ2n) is 5.65. The molecule has 0 aromatic heterocycles. The van der Waals surface area contributed by atoms with E-state index in [0.29, 0.717) is 5.69 Å².